The molecule has 0 spiro atoms. The molecule has 0 unspecified atom stereocenters. The first kappa shape index (κ1) is 17.7. The van der Waals surface area contributed by atoms with E-state index in [2.05, 4.69) is 21.3 Å². The summed E-state index contributed by atoms with van der Waals surface area (Å²) in [6.45, 7) is 6.69. The van der Waals surface area contributed by atoms with Crippen molar-refractivity contribution in [3.63, 3.8) is 0 Å². The van der Waals surface area contributed by atoms with Gasteiger partial charge in [0, 0.05) is 12.5 Å². The van der Waals surface area contributed by atoms with Crippen molar-refractivity contribution in [2.45, 2.75) is 49.1 Å². The highest BCUT2D eigenvalue weighted by atomic mass is 32.2. The van der Waals surface area contributed by atoms with Crippen LogP contribution in [0.3, 0.4) is 0 Å². The zero-order valence-electron chi connectivity index (χ0n) is 14.4. The Labute approximate surface area is 152 Å². The van der Waals surface area contributed by atoms with E-state index in [9.17, 15) is 4.79 Å². The molecule has 0 radical (unpaired) electrons. The summed E-state index contributed by atoms with van der Waals surface area (Å²) in [4.78, 5) is 12.5. The van der Waals surface area contributed by atoms with Crippen molar-refractivity contribution in [3.05, 3.63) is 54.4 Å². The number of nitrogens with zero attached hydrogens (tertiary/aromatic N) is 3. The van der Waals surface area contributed by atoms with Crippen LogP contribution in [0.5, 0.6) is 0 Å². The second-order valence-electron chi connectivity index (χ2n) is 6.06. The van der Waals surface area contributed by atoms with Gasteiger partial charge in [-0.05, 0) is 31.7 Å². The fraction of sp³-hybridized carbons (Fsp3) is 0.421. The molecular weight excluding hydrogens is 334 g/mol. The average Bonchev–Trinajstić information content (AvgIpc) is 3.39. The minimum Gasteiger partial charge on any atom is -0.465 e. The van der Waals surface area contributed by atoms with Crippen molar-refractivity contribution < 1.29 is 9.53 Å². The molecule has 1 heterocycles. The standard InChI is InChI=1S/C19H23N3O2S/c1-3-12-22-17(15-10-11-15)20-21-19(22)25-16(18(23)24-4-2)13-14-8-6-5-7-9-14/h3,5-9,15-16H,1,4,10-13H2,2H3/t16-/m1/s1. The molecule has 1 saturated carbocycles. The van der Waals surface area contributed by atoms with Crippen molar-refractivity contribution in [2.75, 3.05) is 6.61 Å². The number of allylic oxidation sites excluding steroid dienone is 1. The first-order chi connectivity index (χ1) is 12.2. The average molecular weight is 357 g/mol. The van der Waals surface area contributed by atoms with E-state index in [1.54, 1.807) is 0 Å². The van der Waals surface area contributed by atoms with Crippen LogP contribution in [0, 0.1) is 0 Å². The Kier molecular flexibility index (Phi) is 5.91. The largest absolute Gasteiger partial charge is 0.465 e. The van der Waals surface area contributed by atoms with Gasteiger partial charge in [0.05, 0.1) is 6.61 Å². The minimum absolute atomic E-state index is 0.211. The second-order valence-corrected chi connectivity index (χ2v) is 7.23. The number of thioether (sulfide) groups is 1. The quantitative estimate of drug-likeness (QED) is 0.390. The van der Waals surface area contributed by atoms with E-state index in [-0.39, 0.29) is 11.2 Å². The van der Waals surface area contributed by atoms with Crippen LogP contribution in [-0.4, -0.2) is 32.6 Å². The zero-order valence-corrected chi connectivity index (χ0v) is 15.2. The van der Waals surface area contributed by atoms with Crippen LogP contribution >= 0.6 is 11.8 Å². The predicted octanol–water partition coefficient (Wildman–Crippen LogP) is 3.61. The fourth-order valence-electron chi connectivity index (χ4n) is 2.70. The zero-order chi connectivity index (χ0) is 17.6. The highest BCUT2D eigenvalue weighted by molar-refractivity contribution is 8.00. The summed E-state index contributed by atoms with van der Waals surface area (Å²) in [7, 11) is 0. The third-order valence-corrected chi connectivity index (χ3v) is 5.22. The normalized spacial score (nSPS) is 14.9. The first-order valence-corrected chi connectivity index (χ1v) is 9.52. The van der Waals surface area contributed by atoms with Crippen LogP contribution in [0.1, 0.15) is 37.1 Å². The molecule has 132 valence electrons. The molecule has 0 bridgehead atoms. The molecule has 1 aromatic carbocycles. The highest BCUT2D eigenvalue weighted by Crippen LogP contribution is 2.40. The van der Waals surface area contributed by atoms with Crippen LogP contribution < -0.4 is 0 Å². The number of aromatic nitrogens is 3. The van der Waals surface area contributed by atoms with Crippen molar-refractivity contribution in [1.29, 1.82) is 0 Å². The Hall–Kier alpha value is -2.08. The van der Waals surface area contributed by atoms with Gasteiger partial charge in [0.2, 0.25) is 0 Å². The predicted molar refractivity (Wildman–Crippen MR) is 98.6 cm³/mol. The van der Waals surface area contributed by atoms with Gasteiger partial charge in [0.1, 0.15) is 11.1 Å². The van der Waals surface area contributed by atoms with Gasteiger partial charge >= 0.3 is 5.97 Å². The van der Waals surface area contributed by atoms with Crippen LogP contribution in [-0.2, 0) is 22.5 Å². The van der Waals surface area contributed by atoms with Crippen LogP contribution in [0.2, 0.25) is 0 Å². The molecule has 25 heavy (non-hydrogen) atoms. The molecule has 1 atom stereocenters. The van der Waals surface area contributed by atoms with Gasteiger partial charge in [-0.15, -0.1) is 16.8 Å². The Bertz CT molecular complexity index is 726. The van der Waals surface area contributed by atoms with Gasteiger partial charge in [-0.3, -0.25) is 4.79 Å². The molecule has 1 aliphatic carbocycles. The molecule has 2 aromatic rings. The SMILES string of the molecule is C=CCn1c(S[C@H](Cc2ccccc2)C(=O)OCC)nnc1C1CC1. The molecule has 1 fully saturated rings. The van der Waals surface area contributed by atoms with E-state index in [4.69, 9.17) is 4.74 Å². The van der Waals surface area contributed by atoms with Gasteiger partial charge in [0.15, 0.2) is 5.16 Å². The topological polar surface area (TPSA) is 57.0 Å². The molecule has 1 aromatic heterocycles. The van der Waals surface area contributed by atoms with Gasteiger partial charge in [-0.25, -0.2) is 0 Å². The number of hydrogen-bond acceptors (Lipinski definition) is 5. The summed E-state index contributed by atoms with van der Waals surface area (Å²) in [6.07, 6.45) is 4.76. The van der Waals surface area contributed by atoms with E-state index in [1.165, 1.54) is 11.8 Å². The van der Waals surface area contributed by atoms with Crippen molar-refractivity contribution in [1.82, 2.24) is 14.8 Å². The summed E-state index contributed by atoms with van der Waals surface area (Å²) >= 11 is 1.43. The maximum Gasteiger partial charge on any atom is 0.319 e. The summed E-state index contributed by atoms with van der Waals surface area (Å²) < 4.78 is 7.35. The van der Waals surface area contributed by atoms with E-state index < -0.39 is 0 Å². The molecule has 3 rings (SSSR count). The third-order valence-electron chi connectivity index (χ3n) is 4.06. The Balaban J connectivity index is 1.81. The van der Waals surface area contributed by atoms with E-state index >= 15 is 0 Å². The van der Waals surface area contributed by atoms with Crippen molar-refractivity contribution in [3.8, 4) is 0 Å². The molecule has 5 nitrogen and oxygen atoms in total. The van der Waals surface area contributed by atoms with Gasteiger partial charge in [-0.1, -0.05) is 48.2 Å². The highest BCUT2D eigenvalue weighted by Gasteiger charge is 2.32. The van der Waals surface area contributed by atoms with E-state index in [1.807, 2.05) is 43.3 Å². The second kappa shape index (κ2) is 8.34. The summed E-state index contributed by atoms with van der Waals surface area (Å²) in [5, 5.41) is 9.11. The number of carbonyl (C=O) groups is 1. The monoisotopic (exact) mass is 357 g/mol. The van der Waals surface area contributed by atoms with Gasteiger partial charge in [-0.2, -0.15) is 0 Å². The summed E-state index contributed by atoms with van der Waals surface area (Å²) in [6, 6.07) is 9.98. The minimum atomic E-state index is -0.345. The first-order valence-electron chi connectivity index (χ1n) is 8.64. The molecular formula is C19H23N3O2S. The lowest BCUT2D eigenvalue weighted by Gasteiger charge is -2.15. The van der Waals surface area contributed by atoms with Gasteiger partial charge < -0.3 is 9.30 Å². The number of benzene rings is 1. The molecule has 0 amide bonds. The van der Waals surface area contributed by atoms with E-state index in [0.29, 0.717) is 25.5 Å². The smallest absolute Gasteiger partial charge is 0.319 e. The lowest BCUT2D eigenvalue weighted by Crippen LogP contribution is -2.23. The van der Waals surface area contributed by atoms with Crippen LogP contribution in [0.25, 0.3) is 0 Å². The van der Waals surface area contributed by atoms with Gasteiger partial charge in [0.25, 0.3) is 0 Å². The molecule has 0 N–H and O–H groups in total. The summed E-state index contributed by atoms with van der Waals surface area (Å²) in [5.74, 6) is 1.29. The summed E-state index contributed by atoms with van der Waals surface area (Å²) in [5.41, 5.74) is 1.10. The third kappa shape index (κ3) is 4.51. The van der Waals surface area contributed by atoms with Crippen molar-refractivity contribution >= 4 is 17.7 Å². The number of hydrogen-bond donors (Lipinski definition) is 0. The molecule has 1 aliphatic rings. The number of carbonyl (C=O) groups excluding carboxylic acids is 1. The molecule has 6 heteroatoms. The Morgan fingerprint density at radius 1 is 1.40 bits per heavy atom. The fourth-order valence-corrected chi connectivity index (χ4v) is 3.77. The molecule has 0 saturated heterocycles. The van der Waals surface area contributed by atoms with Crippen molar-refractivity contribution in [2.24, 2.45) is 0 Å². The Morgan fingerprint density at radius 3 is 2.80 bits per heavy atom. The van der Waals surface area contributed by atoms with Crippen LogP contribution in [0.15, 0.2) is 48.1 Å². The van der Waals surface area contributed by atoms with E-state index in [0.717, 1.165) is 29.4 Å². The maximum atomic E-state index is 12.5. The molecule has 0 aliphatic heterocycles. The number of ether oxygens (including phenoxy) is 1. The van der Waals surface area contributed by atoms with Crippen LogP contribution in [0.4, 0.5) is 0 Å². The lowest BCUT2D eigenvalue weighted by molar-refractivity contribution is -0.142. The maximum absolute atomic E-state index is 12.5. The number of rotatable bonds is 9. The Morgan fingerprint density at radius 2 is 2.16 bits per heavy atom. The number of esters is 1. The lowest BCUT2D eigenvalue weighted by atomic mass is 10.1.